The molecule has 0 atom stereocenters. The molecule has 0 saturated heterocycles. The molecular weight excluding hydrogens is 380 g/mol. The second-order valence-corrected chi connectivity index (χ2v) is 9.03. The summed E-state index contributed by atoms with van der Waals surface area (Å²) in [7, 11) is 0. The maximum atomic E-state index is 13.0. The van der Waals surface area contributed by atoms with Gasteiger partial charge >= 0.3 is 5.97 Å². The SMILES string of the molecule is Cc1ccc(C(C)C)c(OC(=O)c2oc3c(c2C)/C(=N\N=C(N)N)CC(C)(C)C3)c1. The molecule has 7 heteroatoms. The largest absolute Gasteiger partial charge is 0.453 e. The summed E-state index contributed by atoms with van der Waals surface area (Å²) in [6.45, 7) is 12.1. The van der Waals surface area contributed by atoms with Crippen LogP contribution in [0.2, 0.25) is 0 Å². The number of nitrogens with two attached hydrogens (primary N) is 2. The smallest absolute Gasteiger partial charge is 0.379 e. The van der Waals surface area contributed by atoms with Crippen LogP contribution in [-0.4, -0.2) is 17.6 Å². The number of rotatable bonds is 4. The first-order valence-corrected chi connectivity index (χ1v) is 10.1. The molecule has 30 heavy (non-hydrogen) atoms. The molecule has 0 saturated carbocycles. The van der Waals surface area contributed by atoms with E-state index in [1.165, 1.54) is 0 Å². The lowest BCUT2D eigenvalue weighted by atomic mass is 9.75. The van der Waals surface area contributed by atoms with E-state index in [0.717, 1.165) is 16.7 Å². The fourth-order valence-corrected chi connectivity index (χ4v) is 3.87. The van der Waals surface area contributed by atoms with Crippen LogP contribution in [0.4, 0.5) is 0 Å². The zero-order valence-corrected chi connectivity index (χ0v) is 18.5. The van der Waals surface area contributed by atoms with Crippen molar-refractivity contribution in [2.24, 2.45) is 27.1 Å². The highest BCUT2D eigenvalue weighted by molar-refractivity contribution is 6.06. The number of guanidine groups is 1. The van der Waals surface area contributed by atoms with Crippen LogP contribution in [0.15, 0.2) is 32.8 Å². The van der Waals surface area contributed by atoms with Crippen molar-refractivity contribution in [3.05, 3.63) is 52.0 Å². The highest BCUT2D eigenvalue weighted by atomic mass is 16.5. The van der Waals surface area contributed by atoms with Gasteiger partial charge in [0.25, 0.3) is 0 Å². The van der Waals surface area contributed by atoms with Gasteiger partial charge in [-0.05, 0) is 48.8 Å². The van der Waals surface area contributed by atoms with Crippen LogP contribution < -0.4 is 16.2 Å². The van der Waals surface area contributed by atoms with Crippen molar-refractivity contribution >= 4 is 17.6 Å². The molecule has 0 radical (unpaired) electrons. The van der Waals surface area contributed by atoms with E-state index in [1.54, 1.807) is 0 Å². The highest BCUT2D eigenvalue weighted by Gasteiger charge is 2.36. The van der Waals surface area contributed by atoms with E-state index in [0.29, 0.717) is 35.6 Å². The maximum absolute atomic E-state index is 13.0. The molecule has 0 unspecified atom stereocenters. The zero-order valence-electron chi connectivity index (χ0n) is 18.5. The molecule has 0 bridgehead atoms. The Hall–Kier alpha value is -3.09. The Morgan fingerprint density at radius 2 is 1.90 bits per heavy atom. The third kappa shape index (κ3) is 4.40. The lowest BCUT2D eigenvalue weighted by molar-refractivity contribution is 0.0695. The van der Waals surface area contributed by atoms with E-state index in [1.807, 2.05) is 32.0 Å². The molecule has 0 aliphatic heterocycles. The molecule has 1 heterocycles. The molecule has 1 aromatic heterocycles. The molecule has 1 aliphatic rings. The fourth-order valence-electron chi connectivity index (χ4n) is 3.87. The van der Waals surface area contributed by atoms with E-state index in [9.17, 15) is 4.79 Å². The summed E-state index contributed by atoms with van der Waals surface area (Å²) < 4.78 is 11.8. The van der Waals surface area contributed by atoms with E-state index < -0.39 is 5.97 Å². The molecule has 160 valence electrons. The van der Waals surface area contributed by atoms with Crippen molar-refractivity contribution in [3.8, 4) is 5.75 Å². The third-order valence-electron chi connectivity index (χ3n) is 5.26. The minimum Gasteiger partial charge on any atom is -0.453 e. The molecule has 0 amide bonds. The van der Waals surface area contributed by atoms with Gasteiger partial charge in [-0.25, -0.2) is 4.79 Å². The van der Waals surface area contributed by atoms with Crippen molar-refractivity contribution in [2.45, 2.75) is 60.3 Å². The van der Waals surface area contributed by atoms with E-state index >= 15 is 0 Å². The minimum absolute atomic E-state index is 0.0997. The quantitative estimate of drug-likeness (QED) is 0.258. The van der Waals surface area contributed by atoms with Crippen molar-refractivity contribution in [3.63, 3.8) is 0 Å². The van der Waals surface area contributed by atoms with E-state index in [-0.39, 0.29) is 23.1 Å². The average Bonchev–Trinajstić information content (AvgIpc) is 2.94. The number of benzene rings is 1. The number of carbonyl (C=O) groups is 1. The molecular formula is C23H30N4O3. The van der Waals surface area contributed by atoms with E-state index in [4.69, 9.17) is 20.6 Å². The molecule has 0 spiro atoms. The van der Waals surface area contributed by atoms with E-state index in [2.05, 4.69) is 37.9 Å². The number of ether oxygens (including phenoxy) is 1. The average molecular weight is 411 g/mol. The van der Waals surface area contributed by atoms with Crippen LogP contribution in [0, 0.1) is 19.3 Å². The van der Waals surface area contributed by atoms with Crippen molar-refractivity contribution in [1.82, 2.24) is 0 Å². The molecule has 2 aromatic rings. The highest BCUT2D eigenvalue weighted by Crippen LogP contribution is 2.39. The number of hydrogen-bond acceptors (Lipinski definition) is 5. The summed E-state index contributed by atoms with van der Waals surface area (Å²) >= 11 is 0. The topological polar surface area (TPSA) is 116 Å². The van der Waals surface area contributed by atoms with Gasteiger partial charge in [0.1, 0.15) is 11.5 Å². The second kappa shape index (κ2) is 7.97. The normalized spacial score (nSPS) is 16.4. The van der Waals surface area contributed by atoms with Crippen LogP contribution >= 0.6 is 0 Å². The zero-order chi connectivity index (χ0) is 22.2. The number of nitrogens with zero attached hydrogens (tertiary/aromatic N) is 2. The van der Waals surface area contributed by atoms with Gasteiger partial charge in [-0.3, -0.25) is 0 Å². The van der Waals surface area contributed by atoms with Crippen molar-refractivity contribution in [2.75, 3.05) is 0 Å². The number of fused-ring (bicyclic) bond motifs is 1. The summed E-state index contributed by atoms with van der Waals surface area (Å²) in [6.07, 6.45) is 1.35. The van der Waals surface area contributed by atoms with Gasteiger partial charge in [-0.1, -0.05) is 39.8 Å². The molecule has 4 N–H and O–H groups in total. The molecule has 1 aromatic carbocycles. The first-order chi connectivity index (χ1) is 14.0. The minimum atomic E-state index is -0.520. The summed E-state index contributed by atoms with van der Waals surface area (Å²) in [4.78, 5) is 13.0. The summed E-state index contributed by atoms with van der Waals surface area (Å²) in [5, 5.41) is 8.05. The Kier molecular flexibility index (Phi) is 5.74. The molecule has 3 rings (SSSR count). The molecule has 1 aliphatic carbocycles. The van der Waals surface area contributed by atoms with Gasteiger partial charge in [0.15, 0.2) is 0 Å². The lowest BCUT2D eigenvalue weighted by Gasteiger charge is -2.29. The Balaban J connectivity index is 2.02. The number of aryl methyl sites for hydroxylation is 1. The molecule has 0 fully saturated rings. The van der Waals surface area contributed by atoms with Gasteiger partial charge < -0.3 is 20.6 Å². The Morgan fingerprint density at radius 1 is 1.20 bits per heavy atom. The third-order valence-corrected chi connectivity index (χ3v) is 5.26. The van der Waals surface area contributed by atoms with Crippen LogP contribution in [0.3, 0.4) is 0 Å². The van der Waals surface area contributed by atoms with Crippen LogP contribution in [0.25, 0.3) is 0 Å². The van der Waals surface area contributed by atoms with Crippen LogP contribution in [-0.2, 0) is 6.42 Å². The lowest BCUT2D eigenvalue weighted by Crippen LogP contribution is -2.27. The number of hydrogen-bond donors (Lipinski definition) is 2. The predicted octanol–water partition coefficient (Wildman–Crippen LogP) is 4.19. The Bertz CT molecular complexity index is 1040. The number of carbonyl (C=O) groups excluding carboxylic acids is 1. The first-order valence-electron chi connectivity index (χ1n) is 10.1. The van der Waals surface area contributed by atoms with Crippen molar-refractivity contribution < 1.29 is 13.9 Å². The number of furan rings is 1. The van der Waals surface area contributed by atoms with Crippen molar-refractivity contribution in [1.29, 1.82) is 0 Å². The monoisotopic (exact) mass is 410 g/mol. The Labute approximate surface area is 177 Å². The van der Waals surface area contributed by atoms with Gasteiger partial charge in [0.2, 0.25) is 11.7 Å². The van der Waals surface area contributed by atoms with Gasteiger partial charge in [0, 0.05) is 17.5 Å². The number of esters is 1. The first kappa shape index (κ1) is 21.6. The Morgan fingerprint density at radius 3 is 2.53 bits per heavy atom. The van der Waals surface area contributed by atoms with Gasteiger partial charge in [-0.2, -0.15) is 5.10 Å². The second-order valence-electron chi connectivity index (χ2n) is 9.03. The summed E-state index contributed by atoms with van der Waals surface area (Å²) in [5.74, 6) is 1.03. The summed E-state index contributed by atoms with van der Waals surface area (Å²) in [5.41, 5.74) is 15.0. The van der Waals surface area contributed by atoms with Crippen LogP contribution in [0.5, 0.6) is 5.75 Å². The fraction of sp³-hybridized carbons (Fsp3) is 0.435. The van der Waals surface area contributed by atoms with Gasteiger partial charge in [-0.15, -0.1) is 5.10 Å². The molecule has 7 nitrogen and oxygen atoms in total. The predicted molar refractivity (Wildman–Crippen MR) is 118 cm³/mol. The maximum Gasteiger partial charge on any atom is 0.379 e. The summed E-state index contributed by atoms with van der Waals surface area (Å²) in [6, 6.07) is 5.88. The van der Waals surface area contributed by atoms with Gasteiger partial charge in [0.05, 0.1) is 5.71 Å². The standard InChI is InChI=1S/C23H30N4O3/c1-12(2)15-8-7-13(3)9-17(15)30-21(28)20-14(4)19-16(26-27-22(24)25)10-23(5,6)11-18(19)29-20/h7-9,12H,10-11H2,1-6H3,(H4,24,25,27)/b26-16-. The van der Waals surface area contributed by atoms with Crippen LogP contribution in [0.1, 0.15) is 78.6 Å².